The highest BCUT2D eigenvalue weighted by molar-refractivity contribution is 14.1. The lowest BCUT2D eigenvalue weighted by Gasteiger charge is -2.05. The predicted octanol–water partition coefficient (Wildman–Crippen LogP) is 2.51. The maximum atomic E-state index is 12.2. The van der Waals surface area contributed by atoms with Gasteiger partial charge in [-0.3, -0.25) is 0 Å². The average Bonchev–Trinajstić information content (AvgIpc) is 1.96. The van der Waals surface area contributed by atoms with Crippen LogP contribution in [0.3, 0.4) is 0 Å². The van der Waals surface area contributed by atoms with Gasteiger partial charge in [0, 0.05) is 0 Å². The Morgan fingerprint density at radius 3 is 2.67 bits per heavy atom. The predicted molar refractivity (Wildman–Crippen MR) is 51.1 cm³/mol. The van der Waals surface area contributed by atoms with Crippen molar-refractivity contribution in [1.29, 1.82) is 0 Å². The summed E-state index contributed by atoms with van der Waals surface area (Å²) >= 11 is 1.83. The number of nitrogens with zero attached hydrogens (tertiary/aromatic N) is 1. The van der Waals surface area contributed by atoms with Gasteiger partial charge in [0.05, 0.1) is 5.69 Å². The fraction of sp³-hybridized carbons (Fsp3) is 0.286. The number of nitrogens with two attached hydrogens (primary N) is 1. The van der Waals surface area contributed by atoms with Gasteiger partial charge in [0.25, 0.3) is 6.43 Å². The lowest BCUT2D eigenvalue weighted by atomic mass is 10.2. The minimum absolute atomic E-state index is 0.186. The van der Waals surface area contributed by atoms with Crippen LogP contribution in [0.4, 0.5) is 14.5 Å². The van der Waals surface area contributed by atoms with Crippen molar-refractivity contribution in [3.8, 4) is 0 Å². The van der Waals surface area contributed by atoms with Crippen molar-refractivity contribution in [2.45, 2.75) is 13.3 Å². The summed E-state index contributed by atoms with van der Waals surface area (Å²) in [7, 11) is 0. The van der Waals surface area contributed by atoms with Crippen LogP contribution in [0.2, 0.25) is 0 Å². The number of rotatable bonds is 1. The number of halogens is 3. The largest absolute Gasteiger partial charge is 0.397 e. The van der Waals surface area contributed by atoms with E-state index in [0.29, 0.717) is 15.0 Å². The molecular weight excluding hydrogens is 277 g/mol. The Bertz CT molecular complexity index is 302. The smallest absolute Gasteiger partial charge is 0.280 e. The van der Waals surface area contributed by atoms with E-state index < -0.39 is 6.43 Å². The van der Waals surface area contributed by atoms with Gasteiger partial charge in [-0.05, 0) is 41.1 Å². The second-order valence-electron chi connectivity index (χ2n) is 2.37. The van der Waals surface area contributed by atoms with E-state index in [9.17, 15) is 8.78 Å². The van der Waals surface area contributed by atoms with Gasteiger partial charge in [-0.15, -0.1) is 0 Å². The van der Waals surface area contributed by atoms with E-state index in [0.717, 1.165) is 0 Å². The van der Waals surface area contributed by atoms with Gasteiger partial charge in [-0.2, -0.15) is 0 Å². The minimum atomic E-state index is -2.53. The first-order valence-corrected chi connectivity index (χ1v) is 4.31. The molecule has 1 rings (SSSR count). The number of hydrogen-bond donors (Lipinski definition) is 1. The first-order chi connectivity index (χ1) is 5.52. The van der Waals surface area contributed by atoms with E-state index in [1.807, 2.05) is 22.6 Å². The van der Waals surface area contributed by atoms with Gasteiger partial charge in [0.2, 0.25) is 0 Å². The maximum absolute atomic E-state index is 12.2. The van der Waals surface area contributed by atoms with Crippen LogP contribution in [0.25, 0.3) is 0 Å². The zero-order valence-corrected chi connectivity index (χ0v) is 8.47. The van der Waals surface area contributed by atoms with Crippen LogP contribution in [-0.2, 0) is 0 Å². The van der Waals surface area contributed by atoms with E-state index in [1.165, 1.54) is 6.07 Å². The van der Waals surface area contributed by atoms with Crippen LogP contribution < -0.4 is 5.73 Å². The molecule has 0 spiro atoms. The van der Waals surface area contributed by atoms with Gasteiger partial charge in [0.15, 0.2) is 0 Å². The lowest BCUT2D eigenvalue weighted by Crippen LogP contribution is -2.00. The molecule has 0 saturated heterocycles. The summed E-state index contributed by atoms with van der Waals surface area (Å²) in [5, 5.41) is 0. The van der Waals surface area contributed by atoms with Crippen LogP contribution in [0.15, 0.2) is 6.07 Å². The summed E-state index contributed by atoms with van der Waals surface area (Å²) in [5.74, 6) is 0. The Balaban J connectivity index is 3.23. The Morgan fingerprint density at radius 2 is 2.17 bits per heavy atom. The highest BCUT2D eigenvalue weighted by Gasteiger charge is 2.13. The summed E-state index contributed by atoms with van der Waals surface area (Å²) in [6, 6.07) is 1.51. The molecule has 5 heteroatoms. The van der Waals surface area contributed by atoms with E-state index in [1.54, 1.807) is 6.92 Å². The van der Waals surface area contributed by atoms with Gasteiger partial charge in [-0.1, -0.05) is 0 Å². The third-order valence-electron chi connectivity index (χ3n) is 1.44. The molecule has 0 bridgehead atoms. The summed E-state index contributed by atoms with van der Waals surface area (Å²) in [4.78, 5) is 3.68. The molecular formula is C7H7F2IN2. The monoisotopic (exact) mass is 284 g/mol. The molecule has 1 aromatic rings. The Kier molecular flexibility index (Phi) is 2.81. The molecule has 0 unspecified atom stereocenters. The molecule has 1 heterocycles. The first kappa shape index (κ1) is 9.63. The van der Waals surface area contributed by atoms with Crippen molar-refractivity contribution in [2.75, 3.05) is 5.73 Å². The molecule has 2 N–H and O–H groups in total. The quantitative estimate of drug-likeness (QED) is 0.635. The highest BCUT2D eigenvalue weighted by Crippen LogP contribution is 2.24. The normalized spacial score (nSPS) is 10.8. The highest BCUT2D eigenvalue weighted by atomic mass is 127. The average molecular weight is 284 g/mol. The van der Waals surface area contributed by atoms with Gasteiger partial charge < -0.3 is 5.73 Å². The van der Waals surface area contributed by atoms with E-state index in [-0.39, 0.29) is 5.69 Å². The molecule has 0 amide bonds. The topological polar surface area (TPSA) is 38.9 Å². The zero-order valence-electron chi connectivity index (χ0n) is 6.31. The molecule has 0 atom stereocenters. The molecule has 0 aliphatic carbocycles. The molecule has 0 saturated carbocycles. The summed E-state index contributed by atoms with van der Waals surface area (Å²) in [5.41, 5.74) is 6.16. The second kappa shape index (κ2) is 3.51. The van der Waals surface area contributed by atoms with E-state index in [4.69, 9.17) is 5.73 Å². The van der Waals surface area contributed by atoms with Gasteiger partial charge in [-0.25, -0.2) is 13.8 Å². The van der Waals surface area contributed by atoms with Crippen LogP contribution in [0, 0.1) is 10.6 Å². The van der Waals surface area contributed by atoms with Crippen LogP contribution in [0.5, 0.6) is 0 Å². The molecule has 0 aliphatic heterocycles. The van der Waals surface area contributed by atoms with Crippen LogP contribution >= 0.6 is 22.6 Å². The van der Waals surface area contributed by atoms with Crippen molar-refractivity contribution in [3.05, 3.63) is 21.0 Å². The molecule has 1 aromatic heterocycles. The maximum Gasteiger partial charge on any atom is 0.280 e. The van der Waals surface area contributed by atoms with Crippen LogP contribution in [-0.4, -0.2) is 4.98 Å². The van der Waals surface area contributed by atoms with Crippen molar-refractivity contribution in [1.82, 2.24) is 4.98 Å². The summed E-state index contributed by atoms with van der Waals surface area (Å²) < 4.78 is 24.9. The Hall–Kier alpha value is -0.460. The second-order valence-corrected chi connectivity index (χ2v) is 3.39. The lowest BCUT2D eigenvalue weighted by molar-refractivity contribution is 0.145. The number of nitrogen functional groups attached to an aromatic ring is 1. The number of aromatic nitrogens is 1. The molecule has 12 heavy (non-hydrogen) atoms. The number of hydrogen-bond acceptors (Lipinski definition) is 2. The standard InChI is InChI=1S/C7H7F2IN2/c1-3-2-4(11)7(10)12-5(3)6(8)9/h2,6H,11H2,1H3. The molecule has 0 aliphatic rings. The molecule has 0 aromatic carbocycles. The molecule has 66 valence electrons. The molecule has 0 fully saturated rings. The van der Waals surface area contributed by atoms with E-state index >= 15 is 0 Å². The SMILES string of the molecule is Cc1cc(N)c(I)nc1C(F)F. The van der Waals surface area contributed by atoms with Crippen molar-refractivity contribution in [2.24, 2.45) is 0 Å². The Labute approximate surface area is 82.3 Å². The number of alkyl halides is 2. The molecule has 2 nitrogen and oxygen atoms in total. The number of anilines is 1. The zero-order chi connectivity index (χ0) is 9.30. The fourth-order valence-electron chi connectivity index (χ4n) is 0.846. The minimum Gasteiger partial charge on any atom is -0.397 e. The third kappa shape index (κ3) is 1.82. The summed E-state index contributed by atoms with van der Waals surface area (Å²) in [6.07, 6.45) is -2.53. The van der Waals surface area contributed by atoms with E-state index in [2.05, 4.69) is 4.98 Å². The first-order valence-electron chi connectivity index (χ1n) is 3.23. The van der Waals surface area contributed by atoms with Gasteiger partial charge >= 0.3 is 0 Å². The van der Waals surface area contributed by atoms with Crippen molar-refractivity contribution < 1.29 is 8.78 Å². The molecule has 0 radical (unpaired) electrons. The van der Waals surface area contributed by atoms with Crippen molar-refractivity contribution >= 4 is 28.3 Å². The van der Waals surface area contributed by atoms with Crippen LogP contribution in [0.1, 0.15) is 17.7 Å². The number of pyridine rings is 1. The Morgan fingerprint density at radius 1 is 1.58 bits per heavy atom. The van der Waals surface area contributed by atoms with Gasteiger partial charge in [0.1, 0.15) is 9.39 Å². The number of aryl methyl sites for hydroxylation is 1. The van der Waals surface area contributed by atoms with Crippen molar-refractivity contribution in [3.63, 3.8) is 0 Å². The summed E-state index contributed by atoms with van der Waals surface area (Å²) in [6.45, 7) is 1.57. The third-order valence-corrected chi connectivity index (χ3v) is 2.30. The fourth-order valence-corrected chi connectivity index (χ4v) is 1.26.